The first kappa shape index (κ1) is 26.1. The van der Waals surface area contributed by atoms with Crippen molar-refractivity contribution in [1.82, 2.24) is 5.32 Å². The second-order valence-electron chi connectivity index (χ2n) is 6.93. The average molecular weight is 505 g/mol. The van der Waals surface area contributed by atoms with Gasteiger partial charge in [0.2, 0.25) is 0 Å². The molecule has 2 rings (SSSR count). The number of hydrogen-bond acceptors (Lipinski definition) is 3. The number of methoxy groups -OCH3 is 1. The van der Waals surface area contributed by atoms with Gasteiger partial charge in [0.05, 0.1) is 11.6 Å². The lowest BCUT2D eigenvalue weighted by Gasteiger charge is -2.15. The monoisotopic (exact) mass is 503 g/mol. The van der Waals surface area contributed by atoms with E-state index in [1.807, 2.05) is 30.3 Å². The van der Waals surface area contributed by atoms with Crippen molar-refractivity contribution in [3.05, 3.63) is 57.0 Å². The fourth-order valence-corrected chi connectivity index (χ4v) is 3.84. The first-order valence-electron chi connectivity index (χ1n) is 10.1. The van der Waals surface area contributed by atoms with Crippen LogP contribution in [0.2, 0.25) is 5.02 Å². The van der Waals surface area contributed by atoms with Crippen LogP contribution in [0.1, 0.15) is 56.6 Å². The molecule has 0 radical (unpaired) electrons. The van der Waals surface area contributed by atoms with Crippen LogP contribution in [0, 0.1) is 0 Å². The molecule has 0 fully saturated rings. The van der Waals surface area contributed by atoms with E-state index in [0.717, 1.165) is 28.9 Å². The largest absolute Gasteiger partial charge is 0.493 e. The van der Waals surface area contributed by atoms with Gasteiger partial charge in [-0.3, -0.25) is 0 Å². The van der Waals surface area contributed by atoms with Crippen molar-refractivity contribution in [3.63, 3.8) is 0 Å². The summed E-state index contributed by atoms with van der Waals surface area (Å²) in [6.07, 6.45) is 7.87. The van der Waals surface area contributed by atoms with Gasteiger partial charge in [0.1, 0.15) is 6.61 Å². The summed E-state index contributed by atoms with van der Waals surface area (Å²) in [5.41, 5.74) is 2.11. The molecule has 0 atom stereocenters. The van der Waals surface area contributed by atoms with Crippen LogP contribution < -0.4 is 14.8 Å². The highest BCUT2D eigenvalue weighted by molar-refractivity contribution is 9.10. The molecule has 2 aromatic rings. The molecule has 0 aromatic heterocycles. The molecule has 2 aromatic carbocycles. The number of ether oxygens (including phenoxy) is 2. The van der Waals surface area contributed by atoms with Gasteiger partial charge in [-0.05, 0) is 52.7 Å². The van der Waals surface area contributed by atoms with E-state index in [1.165, 1.54) is 44.1 Å². The molecule has 29 heavy (non-hydrogen) atoms. The standard InChI is InChI=1S/C23H31BrClNO2.ClH/c1-3-4-5-6-7-10-13-26-16-18-14-20(24)23(22(15-18)27-2)28-17-19-11-8-9-12-21(19)25;/h8-9,11-12,14-15,26H,3-7,10,13,16-17H2,1-2H3;1H. The van der Waals surface area contributed by atoms with E-state index in [4.69, 9.17) is 21.1 Å². The molecule has 1 N–H and O–H groups in total. The normalized spacial score (nSPS) is 10.5. The van der Waals surface area contributed by atoms with E-state index in [-0.39, 0.29) is 12.4 Å². The Bertz CT molecular complexity index is 728. The topological polar surface area (TPSA) is 30.5 Å². The molecule has 0 saturated carbocycles. The van der Waals surface area contributed by atoms with E-state index in [9.17, 15) is 0 Å². The van der Waals surface area contributed by atoms with Crippen LogP contribution in [-0.4, -0.2) is 13.7 Å². The highest BCUT2D eigenvalue weighted by atomic mass is 79.9. The van der Waals surface area contributed by atoms with Crippen LogP contribution in [0.25, 0.3) is 0 Å². The van der Waals surface area contributed by atoms with Gasteiger partial charge in [-0.25, -0.2) is 0 Å². The maximum atomic E-state index is 6.22. The van der Waals surface area contributed by atoms with E-state index in [2.05, 4.69) is 34.2 Å². The molecular formula is C23H32BrCl2NO2. The zero-order chi connectivity index (χ0) is 20.2. The zero-order valence-corrected chi connectivity index (χ0v) is 20.5. The van der Waals surface area contributed by atoms with Crippen molar-refractivity contribution in [2.75, 3.05) is 13.7 Å². The van der Waals surface area contributed by atoms with E-state index < -0.39 is 0 Å². The van der Waals surface area contributed by atoms with Crippen molar-refractivity contribution < 1.29 is 9.47 Å². The summed E-state index contributed by atoms with van der Waals surface area (Å²) < 4.78 is 12.4. The van der Waals surface area contributed by atoms with Gasteiger partial charge in [-0.1, -0.05) is 68.8 Å². The second kappa shape index (κ2) is 15.0. The number of halogens is 3. The molecule has 0 spiro atoms. The van der Waals surface area contributed by atoms with Gasteiger partial charge in [0.15, 0.2) is 11.5 Å². The zero-order valence-electron chi connectivity index (χ0n) is 17.3. The first-order valence-corrected chi connectivity index (χ1v) is 11.3. The summed E-state index contributed by atoms with van der Waals surface area (Å²) in [7, 11) is 1.66. The number of hydrogen-bond donors (Lipinski definition) is 1. The Hall–Kier alpha value is -0.940. The van der Waals surface area contributed by atoms with Gasteiger partial charge in [0, 0.05) is 17.1 Å². The van der Waals surface area contributed by atoms with E-state index in [0.29, 0.717) is 17.4 Å². The SMILES string of the molecule is CCCCCCCCNCc1cc(Br)c(OCc2ccccc2Cl)c(OC)c1.Cl. The number of nitrogens with one attached hydrogen (secondary N) is 1. The number of benzene rings is 2. The summed E-state index contributed by atoms with van der Waals surface area (Å²) in [6.45, 7) is 4.50. The number of rotatable bonds is 13. The molecular weight excluding hydrogens is 473 g/mol. The lowest BCUT2D eigenvalue weighted by atomic mass is 10.1. The minimum atomic E-state index is 0. The summed E-state index contributed by atoms with van der Waals surface area (Å²) in [4.78, 5) is 0. The Morgan fingerprint density at radius 3 is 2.48 bits per heavy atom. The van der Waals surface area contributed by atoms with Gasteiger partial charge in [-0.2, -0.15) is 0 Å². The molecule has 0 aliphatic carbocycles. The van der Waals surface area contributed by atoms with Crippen LogP contribution in [0.15, 0.2) is 40.9 Å². The molecule has 0 aliphatic heterocycles. The highest BCUT2D eigenvalue weighted by Crippen LogP contribution is 2.37. The van der Waals surface area contributed by atoms with Crippen molar-refractivity contribution in [2.45, 2.75) is 58.6 Å². The smallest absolute Gasteiger partial charge is 0.175 e. The van der Waals surface area contributed by atoms with Crippen LogP contribution in [0.5, 0.6) is 11.5 Å². The minimum Gasteiger partial charge on any atom is -0.493 e. The Balaban J connectivity index is 0.00000420. The maximum absolute atomic E-state index is 6.22. The molecule has 0 saturated heterocycles. The molecule has 0 aliphatic rings. The molecule has 6 heteroatoms. The summed E-state index contributed by atoms with van der Waals surface area (Å²) in [6, 6.07) is 11.8. The van der Waals surface area contributed by atoms with Crippen LogP contribution >= 0.6 is 39.9 Å². The van der Waals surface area contributed by atoms with E-state index in [1.54, 1.807) is 7.11 Å². The molecule has 3 nitrogen and oxygen atoms in total. The van der Waals surface area contributed by atoms with Gasteiger partial charge in [-0.15, -0.1) is 12.4 Å². The minimum absolute atomic E-state index is 0. The van der Waals surface area contributed by atoms with Gasteiger partial charge >= 0.3 is 0 Å². The Labute approximate surface area is 195 Å². The van der Waals surface area contributed by atoms with Gasteiger partial charge < -0.3 is 14.8 Å². The predicted molar refractivity (Wildman–Crippen MR) is 129 cm³/mol. The summed E-state index contributed by atoms with van der Waals surface area (Å²) >= 11 is 9.84. The van der Waals surface area contributed by atoms with E-state index >= 15 is 0 Å². The predicted octanol–water partition coefficient (Wildman–Crippen LogP) is 7.56. The molecule has 162 valence electrons. The second-order valence-corrected chi connectivity index (χ2v) is 8.20. The third-order valence-corrected chi connectivity index (χ3v) is 5.61. The third kappa shape index (κ3) is 9.17. The fraction of sp³-hybridized carbons (Fsp3) is 0.478. The van der Waals surface area contributed by atoms with Crippen molar-refractivity contribution in [2.24, 2.45) is 0 Å². The van der Waals surface area contributed by atoms with Crippen LogP contribution in [0.4, 0.5) is 0 Å². The quantitative estimate of drug-likeness (QED) is 0.285. The van der Waals surface area contributed by atoms with Crippen LogP contribution in [-0.2, 0) is 13.2 Å². The van der Waals surface area contributed by atoms with Crippen molar-refractivity contribution in [1.29, 1.82) is 0 Å². The Morgan fingerprint density at radius 2 is 1.76 bits per heavy atom. The molecule has 0 amide bonds. The van der Waals surface area contributed by atoms with Crippen molar-refractivity contribution in [3.8, 4) is 11.5 Å². The summed E-state index contributed by atoms with van der Waals surface area (Å²) in [5.74, 6) is 1.42. The Morgan fingerprint density at radius 1 is 1.03 bits per heavy atom. The fourth-order valence-electron chi connectivity index (χ4n) is 3.04. The van der Waals surface area contributed by atoms with Gasteiger partial charge in [0.25, 0.3) is 0 Å². The molecule has 0 bridgehead atoms. The summed E-state index contributed by atoms with van der Waals surface area (Å²) in [5, 5.41) is 4.22. The third-order valence-electron chi connectivity index (χ3n) is 4.66. The lowest BCUT2D eigenvalue weighted by Crippen LogP contribution is -2.14. The lowest BCUT2D eigenvalue weighted by molar-refractivity contribution is 0.282. The molecule has 0 heterocycles. The highest BCUT2D eigenvalue weighted by Gasteiger charge is 2.12. The van der Waals surface area contributed by atoms with Crippen molar-refractivity contribution >= 4 is 39.9 Å². The number of unbranched alkanes of at least 4 members (excludes halogenated alkanes) is 5. The Kier molecular flexibility index (Phi) is 13.5. The average Bonchev–Trinajstić information content (AvgIpc) is 2.70. The van der Waals surface area contributed by atoms with Crippen LogP contribution in [0.3, 0.4) is 0 Å². The maximum Gasteiger partial charge on any atom is 0.175 e. The first-order chi connectivity index (χ1) is 13.7. The molecule has 0 unspecified atom stereocenters.